The minimum absolute atomic E-state index is 0.165. The van der Waals surface area contributed by atoms with Crippen LogP contribution in [0.15, 0.2) is 53.0 Å². The number of carbonyl (C=O) groups is 3. The van der Waals surface area contributed by atoms with Crippen molar-refractivity contribution in [2.75, 3.05) is 4.90 Å². The molecule has 2 heterocycles. The van der Waals surface area contributed by atoms with Crippen LogP contribution in [0, 0.1) is 5.82 Å². The van der Waals surface area contributed by atoms with Crippen molar-refractivity contribution in [3.63, 3.8) is 0 Å². The Hall–Kier alpha value is -2.16. The van der Waals surface area contributed by atoms with E-state index in [1.807, 2.05) is 0 Å². The third kappa shape index (κ3) is 3.37. The van der Waals surface area contributed by atoms with Crippen LogP contribution in [0.4, 0.5) is 10.1 Å². The first kappa shape index (κ1) is 23.6. The molecule has 2 unspecified atom stereocenters. The molecule has 0 N–H and O–H groups in total. The molecule has 0 saturated carbocycles. The molecule has 0 aromatic heterocycles. The predicted molar refractivity (Wildman–Crippen MR) is 132 cm³/mol. The number of halogens is 6. The van der Waals surface area contributed by atoms with E-state index < -0.39 is 35.6 Å². The number of hydrogen-bond donors (Lipinski definition) is 0. The number of hydrogen-bond acceptors (Lipinski definition) is 3. The van der Waals surface area contributed by atoms with Gasteiger partial charge in [-0.2, -0.15) is 0 Å². The predicted octanol–water partition coefficient (Wildman–Crippen LogP) is 6.95. The number of fused-ring (bicyclic) bond motifs is 1. The third-order valence-corrected chi connectivity index (χ3v) is 8.13. The summed E-state index contributed by atoms with van der Waals surface area (Å²) < 4.78 is 14.4. The molecule has 0 aliphatic carbocycles. The molecule has 3 aromatic rings. The van der Waals surface area contributed by atoms with E-state index >= 15 is 0 Å². The highest BCUT2D eigenvalue weighted by atomic mass is 79.9. The van der Waals surface area contributed by atoms with Crippen LogP contribution in [0.25, 0.3) is 0 Å². The molecule has 11 heteroatoms. The Morgan fingerprint density at radius 3 is 1.68 bits per heavy atom. The van der Waals surface area contributed by atoms with Gasteiger partial charge in [-0.05, 0) is 42.0 Å². The Bertz CT molecular complexity index is 1350. The zero-order chi connectivity index (χ0) is 24.5. The lowest BCUT2D eigenvalue weighted by atomic mass is 9.86. The number of carbonyl (C=O) groups excluding carboxylic acids is 3. The lowest BCUT2D eigenvalue weighted by Gasteiger charge is -2.49. The largest absolute Gasteiger partial charge is 0.300 e. The van der Waals surface area contributed by atoms with E-state index in [-0.39, 0.29) is 31.2 Å². The lowest BCUT2D eigenvalue weighted by Crippen LogP contribution is -2.67. The fourth-order valence-corrected chi connectivity index (χ4v) is 5.50. The Labute approximate surface area is 221 Å². The van der Waals surface area contributed by atoms with Gasteiger partial charge in [0.2, 0.25) is 0 Å². The van der Waals surface area contributed by atoms with Crippen LogP contribution in [-0.4, -0.2) is 28.7 Å². The van der Waals surface area contributed by atoms with Crippen molar-refractivity contribution in [3.05, 3.63) is 95.6 Å². The van der Waals surface area contributed by atoms with Crippen LogP contribution >= 0.6 is 62.3 Å². The summed E-state index contributed by atoms with van der Waals surface area (Å²) in [5.41, 5.74) is 0.647. The van der Waals surface area contributed by atoms with Crippen molar-refractivity contribution in [1.29, 1.82) is 0 Å². The molecule has 1 saturated heterocycles. The molecule has 3 aromatic carbocycles. The summed E-state index contributed by atoms with van der Waals surface area (Å²) in [5, 5.41) is -0.772. The smallest absolute Gasteiger partial charge is 0.264 e. The molecule has 3 amide bonds. The summed E-state index contributed by atoms with van der Waals surface area (Å²) in [6, 6.07) is 10.4. The van der Waals surface area contributed by atoms with E-state index in [0.29, 0.717) is 11.3 Å². The monoisotopic (exact) mass is 600 g/mol. The highest BCUT2D eigenvalue weighted by molar-refractivity contribution is 9.10. The van der Waals surface area contributed by atoms with Gasteiger partial charge in [0.15, 0.2) is 0 Å². The highest BCUT2D eigenvalue weighted by Gasteiger charge is 2.58. The van der Waals surface area contributed by atoms with Crippen LogP contribution in [0.5, 0.6) is 0 Å². The number of nitrogens with zero attached hydrogens (tertiary/aromatic N) is 2. The van der Waals surface area contributed by atoms with Crippen molar-refractivity contribution >= 4 is 85.7 Å². The molecule has 2 atom stereocenters. The highest BCUT2D eigenvalue weighted by Crippen LogP contribution is 2.49. The summed E-state index contributed by atoms with van der Waals surface area (Å²) in [5.74, 6) is -2.60. The normalized spacial score (nSPS) is 19.5. The fourth-order valence-electron chi connectivity index (χ4n) is 4.23. The first-order valence-corrected chi connectivity index (χ1v) is 12.0. The minimum atomic E-state index is -1.22. The average Bonchev–Trinajstić information content (AvgIpc) is 3.07. The Kier molecular flexibility index (Phi) is 5.89. The second-order valence-corrected chi connectivity index (χ2v) is 10.0. The molecular weight excluding hydrogens is 593 g/mol. The maximum Gasteiger partial charge on any atom is 0.264 e. The second kappa shape index (κ2) is 8.50. The Morgan fingerprint density at radius 2 is 1.18 bits per heavy atom. The number of rotatable bonds is 3. The zero-order valence-corrected chi connectivity index (χ0v) is 21.3. The molecular formula is C23H10BrCl4FN2O3. The Morgan fingerprint density at radius 1 is 0.676 bits per heavy atom. The van der Waals surface area contributed by atoms with Crippen molar-refractivity contribution in [2.24, 2.45) is 0 Å². The molecule has 1 fully saturated rings. The van der Waals surface area contributed by atoms with Crippen LogP contribution in [0.3, 0.4) is 0 Å². The van der Waals surface area contributed by atoms with Gasteiger partial charge in [-0.3, -0.25) is 19.3 Å². The molecule has 172 valence electrons. The van der Waals surface area contributed by atoms with Crippen LogP contribution < -0.4 is 4.90 Å². The summed E-state index contributed by atoms with van der Waals surface area (Å²) in [7, 11) is 0. The molecule has 5 nitrogen and oxygen atoms in total. The number of β-lactam (4-membered cyclic amide) rings is 1. The number of amides is 3. The van der Waals surface area contributed by atoms with E-state index in [1.165, 1.54) is 29.2 Å². The van der Waals surface area contributed by atoms with Crippen molar-refractivity contribution in [2.45, 2.75) is 12.1 Å². The molecule has 0 bridgehead atoms. The number of benzene rings is 3. The van der Waals surface area contributed by atoms with E-state index in [9.17, 15) is 18.8 Å². The quantitative estimate of drug-likeness (QED) is 0.141. The van der Waals surface area contributed by atoms with Gasteiger partial charge in [0.25, 0.3) is 17.7 Å². The summed E-state index contributed by atoms with van der Waals surface area (Å²) in [6.07, 6.45) is 0. The lowest BCUT2D eigenvalue weighted by molar-refractivity contribution is -0.130. The van der Waals surface area contributed by atoms with Gasteiger partial charge in [-0.1, -0.05) is 74.5 Å². The molecule has 5 rings (SSSR count). The van der Waals surface area contributed by atoms with Crippen molar-refractivity contribution in [1.82, 2.24) is 4.90 Å². The van der Waals surface area contributed by atoms with Crippen molar-refractivity contribution in [3.8, 4) is 0 Å². The summed E-state index contributed by atoms with van der Waals surface area (Å²) >= 11 is 28.0. The minimum Gasteiger partial charge on any atom is -0.300 e. The zero-order valence-electron chi connectivity index (χ0n) is 16.7. The van der Waals surface area contributed by atoms with E-state index in [0.717, 1.165) is 9.37 Å². The Balaban J connectivity index is 1.63. The molecule has 0 spiro atoms. The standard InChI is InChI=1S/C23H10BrCl4FN2O3/c24-10-3-7-12(8-4-10)30-19(9-1-5-11(29)6-2-9)20(23(30)34)31-21(32)13-14(22(31)33)16(26)18(28)17(27)15(13)25/h1-8,19-20H. The molecule has 2 aliphatic heterocycles. The average molecular weight is 603 g/mol. The van der Waals surface area contributed by atoms with Crippen LogP contribution in [0.2, 0.25) is 20.1 Å². The molecule has 0 radical (unpaired) electrons. The van der Waals surface area contributed by atoms with E-state index in [1.54, 1.807) is 24.3 Å². The van der Waals surface area contributed by atoms with Gasteiger partial charge in [0, 0.05) is 10.2 Å². The van der Waals surface area contributed by atoms with Gasteiger partial charge in [0.1, 0.15) is 11.9 Å². The third-order valence-electron chi connectivity index (χ3n) is 5.79. The van der Waals surface area contributed by atoms with E-state index in [2.05, 4.69) is 15.9 Å². The van der Waals surface area contributed by atoms with E-state index in [4.69, 9.17) is 46.4 Å². The molecule has 34 heavy (non-hydrogen) atoms. The first-order valence-electron chi connectivity index (χ1n) is 9.71. The van der Waals surface area contributed by atoms with Gasteiger partial charge in [-0.15, -0.1) is 0 Å². The van der Waals surface area contributed by atoms with Crippen LogP contribution in [-0.2, 0) is 4.79 Å². The number of imide groups is 1. The van der Waals surface area contributed by atoms with Crippen LogP contribution in [0.1, 0.15) is 32.3 Å². The molecule has 2 aliphatic rings. The maximum atomic E-state index is 13.6. The van der Waals surface area contributed by atoms with Gasteiger partial charge in [-0.25, -0.2) is 4.39 Å². The summed E-state index contributed by atoms with van der Waals surface area (Å²) in [6.45, 7) is 0. The van der Waals surface area contributed by atoms with Gasteiger partial charge in [0.05, 0.1) is 37.3 Å². The second-order valence-electron chi connectivity index (χ2n) is 7.61. The van der Waals surface area contributed by atoms with Gasteiger partial charge < -0.3 is 4.90 Å². The van der Waals surface area contributed by atoms with Crippen molar-refractivity contribution < 1.29 is 18.8 Å². The topological polar surface area (TPSA) is 57.7 Å². The SMILES string of the molecule is O=C1c2c(Cl)c(Cl)c(Cl)c(Cl)c2C(=O)N1C1C(=O)N(c2ccc(Br)cc2)C1c1ccc(F)cc1. The first-order chi connectivity index (χ1) is 16.1. The maximum absolute atomic E-state index is 13.6. The van der Waals surface area contributed by atoms with Gasteiger partial charge >= 0.3 is 0 Å². The summed E-state index contributed by atoms with van der Waals surface area (Å²) in [4.78, 5) is 42.4. The fraction of sp³-hybridized carbons (Fsp3) is 0.0870. The number of anilines is 1.